The Morgan fingerprint density at radius 1 is 1.00 bits per heavy atom. The zero-order chi connectivity index (χ0) is 17.7. The Bertz CT molecular complexity index is 703. The molecule has 1 atom stereocenters. The van der Waals surface area contributed by atoms with E-state index in [1.165, 1.54) is 11.1 Å². The van der Waals surface area contributed by atoms with Crippen LogP contribution in [-0.4, -0.2) is 20.1 Å². The van der Waals surface area contributed by atoms with Crippen molar-refractivity contribution in [2.24, 2.45) is 0 Å². The molecule has 1 amide bonds. The molecule has 2 rings (SSSR count). The van der Waals surface area contributed by atoms with E-state index >= 15 is 0 Å². The van der Waals surface area contributed by atoms with E-state index in [0.29, 0.717) is 17.1 Å². The zero-order valence-corrected chi connectivity index (χ0v) is 15.0. The summed E-state index contributed by atoms with van der Waals surface area (Å²) in [5, 5.41) is 3.10. The van der Waals surface area contributed by atoms with E-state index in [9.17, 15) is 4.79 Å². The summed E-state index contributed by atoms with van der Waals surface area (Å²) in [6.07, 6.45) is 0.815. The van der Waals surface area contributed by atoms with Crippen LogP contribution in [0.3, 0.4) is 0 Å². The first-order valence-corrected chi connectivity index (χ1v) is 8.09. The number of methoxy groups -OCH3 is 2. The SMILES string of the molecule is CCC(NC(=O)c1cc(OC)cc(OC)c1)c1ccc(C)c(C)c1. The van der Waals surface area contributed by atoms with Crippen molar-refractivity contribution in [2.75, 3.05) is 14.2 Å². The first-order chi connectivity index (χ1) is 11.5. The van der Waals surface area contributed by atoms with Crippen molar-refractivity contribution in [2.45, 2.75) is 33.2 Å². The number of carbonyl (C=O) groups is 1. The lowest BCUT2D eigenvalue weighted by molar-refractivity contribution is 0.0935. The summed E-state index contributed by atoms with van der Waals surface area (Å²) < 4.78 is 10.5. The summed E-state index contributed by atoms with van der Waals surface area (Å²) in [7, 11) is 3.14. The molecule has 1 N–H and O–H groups in total. The van der Waals surface area contributed by atoms with Gasteiger partial charge in [0, 0.05) is 11.6 Å². The van der Waals surface area contributed by atoms with Gasteiger partial charge in [-0.2, -0.15) is 0 Å². The van der Waals surface area contributed by atoms with Gasteiger partial charge in [-0.3, -0.25) is 4.79 Å². The molecule has 0 spiro atoms. The van der Waals surface area contributed by atoms with Crippen LogP contribution < -0.4 is 14.8 Å². The van der Waals surface area contributed by atoms with Crippen LogP contribution in [0, 0.1) is 13.8 Å². The molecule has 0 saturated carbocycles. The fourth-order valence-electron chi connectivity index (χ4n) is 2.58. The zero-order valence-electron chi connectivity index (χ0n) is 15.0. The Labute approximate surface area is 143 Å². The molecule has 0 aliphatic carbocycles. The molecule has 0 fully saturated rings. The second kappa shape index (κ2) is 7.86. The molecule has 0 aliphatic heterocycles. The lowest BCUT2D eigenvalue weighted by atomic mass is 9.99. The topological polar surface area (TPSA) is 47.6 Å². The number of amides is 1. The minimum Gasteiger partial charge on any atom is -0.497 e. The van der Waals surface area contributed by atoms with Crippen LogP contribution in [0.15, 0.2) is 36.4 Å². The number of nitrogens with one attached hydrogen (secondary N) is 1. The van der Waals surface area contributed by atoms with Crippen LogP contribution >= 0.6 is 0 Å². The van der Waals surface area contributed by atoms with E-state index in [1.54, 1.807) is 32.4 Å². The Kier molecular flexibility index (Phi) is 5.85. The largest absolute Gasteiger partial charge is 0.497 e. The number of hydrogen-bond acceptors (Lipinski definition) is 3. The molecule has 0 bridgehead atoms. The molecule has 2 aromatic rings. The molecule has 24 heavy (non-hydrogen) atoms. The number of aryl methyl sites for hydroxylation is 2. The Hall–Kier alpha value is -2.49. The summed E-state index contributed by atoms with van der Waals surface area (Å²) in [5.41, 5.74) is 4.11. The number of carbonyl (C=O) groups excluding carboxylic acids is 1. The minimum absolute atomic E-state index is 0.0333. The predicted octanol–water partition coefficient (Wildman–Crippen LogP) is 4.20. The third kappa shape index (κ3) is 4.07. The van der Waals surface area contributed by atoms with Gasteiger partial charge in [0.05, 0.1) is 20.3 Å². The molecule has 4 nitrogen and oxygen atoms in total. The Morgan fingerprint density at radius 3 is 2.12 bits per heavy atom. The number of rotatable bonds is 6. The first-order valence-electron chi connectivity index (χ1n) is 8.09. The lowest BCUT2D eigenvalue weighted by Crippen LogP contribution is -2.28. The fourth-order valence-corrected chi connectivity index (χ4v) is 2.58. The van der Waals surface area contributed by atoms with Gasteiger partial charge in [-0.15, -0.1) is 0 Å². The molecule has 4 heteroatoms. The molecule has 128 valence electrons. The van der Waals surface area contributed by atoms with E-state index in [-0.39, 0.29) is 11.9 Å². The Morgan fingerprint density at radius 2 is 1.62 bits per heavy atom. The smallest absolute Gasteiger partial charge is 0.252 e. The van der Waals surface area contributed by atoms with Crippen molar-refractivity contribution < 1.29 is 14.3 Å². The van der Waals surface area contributed by atoms with E-state index in [1.807, 2.05) is 0 Å². The lowest BCUT2D eigenvalue weighted by Gasteiger charge is -2.19. The summed E-state index contributed by atoms with van der Waals surface area (Å²) in [6, 6.07) is 11.4. The van der Waals surface area contributed by atoms with E-state index < -0.39 is 0 Å². The maximum atomic E-state index is 12.7. The van der Waals surface area contributed by atoms with Crippen LogP contribution in [0.2, 0.25) is 0 Å². The van der Waals surface area contributed by atoms with Gasteiger partial charge in [-0.1, -0.05) is 25.1 Å². The second-order valence-electron chi connectivity index (χ2n) is 5.88. The van der Waals surface area contributed by atoms with Crippen molar-refractivity contribution >= 4 is 5.91 Å². The van der Waals surface area contributed by atoms with Crippen molar-refractivity contribution in [3.63, 3.8) is 0 Å². The van der Waals surface area contributed by atoms with Gasteiger partial charge in [0.2, 0.25) is 0 Å². The minimum atomic E-state index is -0.141. The van der Waals surface area contributed by atoms with Crippen LogP contribution in [-0.2, 0) is 0 Å². The van der Waals surface area contributed by atoms with E-state index in [0.717, 1.165) is 12.0 Å². The van der Waals surface area contributed by atoms with Crippen LogP contribution in [0.1, 0.15) is 46.4 Å². The highest BCUT2D eigenvalue weighted by Gasteiger charge is 2.16. The molecule has 0 aliphatic rings. The van der Waals surface area contributed by atoms with Crippen molar-refractivity contribution in [3.8, 4) is 11.5 Å². The number of ether oxygens (including phenoxy) is 2. The summed E-state index contributed by atoms with van der Waals surface area (Å²) in [4.78, 5) is 12.7. The monoisotopic (exact) mass is 327 g/mol. The van der Waals surface area contributed by atoms with Gasteiger partial charge < -0.3 is 14.8 Å². The maximum Gasteiger partial charge on any atom is 0.252 e. The summed E-state index contributed by atoms with van der Waals surface area (Å²) >= 11 is 0. The standard InChI is InChI=1S/C20H25NO3/c1-6-19(15-8-7-13(2)14(3)9-15)21-20(22)16-10-17(23-4)12-18(11-16)24-5/h7-12,19H,6H2,1-5H3,(H,21,22). The number of benzene rings is 2. The highest BCUT2D eigenvalue weighted by atomic mass is 16.5. The van der Waals surface area contributed by atoms with Crippen LogP contribution in [0.5, 0.6) is 11.5 Å². The molecular weight excluding hydrogens is 302 g/mol. The molecule has 0 heterocycles. The fraction of sp³-hybridized carbons (Fsp3) is 0.350. The van der Waals surface area contributed by atoms with Gasteiger partial charge in [-0.05, 0) is 49.1 Å². The van der Waals surface area contributed by atoms with Crippen molar-refractivity contribution in [1.29, 1.82) is 0 Å². The van der Waals surface area contributed by atoms with Gasteiger partial charge >= 0.3 is 0 Å². The highest BCUT2D eigenvalue weighted by Crippen LogP contribution is 2.24. The van der Waals surface area contributed by atoms with E-state index in [2.05, 4.69) is 44.3 Å². The van der Waals surface area contributed by atoms with Crippen molar-refractivity contribution in [1.82, 2.24) is 5.32 Å². The first kappa shape index (κ1) is 17.9. The maximum absolute atomic E-state index is 12.7. The average molecular weight is 327 g/mol. The quantitative estimate of drug-likeness (QED) is 0.865. The number of hydrogen-bond donors (Lipinski definition) is 1. The third-order valence-corrected chi connectivity index (χ3v) is 4.26. The molecule has 2 aromatic carbocycles. The highest BCUT2D eigenvalue weighted by molar-refractivity contribution is 5.95. The summed E-state index contributed by atoms with van der Waals surface area (Å²) in [6.45, 7) is 6.23. The molecule has 0 saturated heterocycles. The molecule has 0 aromatic heterocycles. The van der Waals surface area contributed by atoms with Gasteiger partial charge in [-0.25, -0.2) is 0 Å². The van der Waals surface area contributed by atoms with Crippen molar-refractivity contribution in [3.05, 3.63) is 58.7 Å². The second-order valence-corrected chi connectivity index (χ2v) is 5.88. The van der Waals surface area contributed by atoms with E-state index in [4.69, 9.17) is 9.47 Å². The normalized spacial score (nSPS) is 11.7. The Balaban J connectivity index is 2.24. The average Bonchev–Trinajstić information content (AvgIpc) is 2.61. The van der Waals surface area contributed by atoms with Crippen LogP contribution in [0.4, 0.5) is 0 Å². The molecule has 0 radical (unpaired) electrons. The van der Waals surface area contributed by atoms with Gasteiger partial charge in [0.25, 0.3) is 5.91 Å². The summed E-state index contributed by atoms with van der Waals surface area (Å²) in [5.74, 6) is 1.05. The molecule has 1 unspecified atom stereocenters. The predicted molar refractivity (Wildman–Crippen MR) is 96.0 cm³/mol. The van der Waals surface area contributed by atoms with Gasteiger partial charge in [0.15, 0.2) is 0 Å². The molecular formula is C20H25NO3. The van der Waals surface area contributed by atoms with Gasteiger partial charge in [0.1, 0.15) is 11.5 Å². The third-order valence-electron chi connectivity index (χ3n) is 4.26. The van der Waals surface area contributed by atoms with Crippen LogP contribution in [0.25, 0.3) is 0 Å².